The number of halogens is 1. The maximum absolute atomic E-state index is 10.8. The summed E-state index contributed by atoms with van der Waals surface area (Å²) in [5, 5.41) is 19.5. The fourth-order valence-electron chi connectivity index (χ4n) is 3.32. The third-order valence-corrected chi connectivity index (χ3v) is 4.28. The van der Waals surface area contributed by atoms with E-state index in [0.717, 1.165) is 31.6 Å². The number of aromatic nitrogens is 2. The largest absolute Gasteiger partial charge is 0.465 e. The summed E-state index contributed by atoms with van der Waals surface area (Å²) in [5.74, 6) is 0.726. The molecule has 1 saturated heterocycles. The zero-order valence-electron chi connectivity index (χ0n) is 10.3. The Bertz CT molecular complexity index is 484. The van der Waals surface area contributed by atoms with Crippen molar-refractivity contribution in [3.05, 3.63) is 17.4 Å². The molecule has 2 heterocycles. The lowest BCUT2D eigenvalue weighted by Crippen LogP contribution is -2.52. The summed E-state index contributed by atoms with van der Waals surface area (Å²) in [4.78, 5) is 13.0. The smallest absolute Gasteiger partial charge is 0.404 e. The first kappa shape index (κ1) is 12.5. The van der Waals surface area contributed by atoms with E-state index in [1.54, 1.807) is 12.3 Å². The van der Waals surface area contributed by atoms with Gasteiger partial charge in [0.2, 0.25) is 0 Å². The number of hydrogen-bond acceptors (Lipinski definition) is 4. The number of carboxylic acid groups (broad SMARTS) is 1. The molecule has 1 saturated carbocycles. The quantitative estimate of drug-likeness (QED) is 0.862. The van der Waals surface area contributed by atoms with Gasteiger partial charge in [0.1, 0.15) is 0 Å². The van der Waals surface area contributed by atoms with Crippen LogP contribution in [0.25, 0.3) is 0 Å². The first-order valence-corrected chi connectivity index (χ1v) is 6.74. The summed E-state index contributed by atoms with van der Waals surface area (Å²) >= 11 is 5.86. The lowest BCUT2D eigenvalue weighted by molar-refractivity contribution is 0.178. The molecule has 2 N–H and O–H groups in total. The van der Waals surface area contributed by atoms with Crippen LogP contribution in [0.3, 0.4) is 0 Å². The molecule has 1 aliphatic carbocycles. The van der Waals surface area contributed by atoms with Crippen molar-refractivity contribution < 1.29 is 9.90 Å². The van der Waals surface area contributed by atoms with Crippen molar-refractivity contribution in [2.45, 2.75) is 18.9 Å². The Morgan fingerprint density at radius 1 is 1.42 bits per heavy atom. The monoisotopic (exact) mass is 282 g/mol. The Hall–Kier alpha value is -1.56. The Balaban J connectivity index is 1.75. The number of nitrogens with one attached hydrogen (secondary N) is 1. The number of amides is 1. The number of nitrogens with zero attached hydrogens (tertiary/aromatic N) is 3. The van der Waals surface area contributed by atoms with Gasteiger partial charge >= 0.3 is 6.09 Å². The lowest BCUT2D eigenvalue weighted by atomic mass is 9.92. The minimum Gasteiger partial charge on any atom is -0.465 e. The van der Waals surface area contributed by atoms with Gasteiger partial charge < -0.3 is 15.3 Å². The maximum atomic E-state index is 10.8. The summed E-state index contributed by atoms with van der Waals surface area (Å²) < 4.78 is 0. The fourth-order valence-corrected chi connectivity index (χ4v) is 3.47. The van der Waals surface area contributed by atoms with Crippen LogP contribution in [0.5, 0.6) is 0 Å². The third kappa shape index (κ3) is 2.45. The van der Waals surface area contributed by atoms with E-state index in [4.69, 9.17) is 16.7 Å². The van der Waals surface area contributed by atoms with Crippen LogP contribution in [0.1, 0.15) is 12.8 Å². The van der Waals surface area contributed by atoms with E-state index in [1.165, 1.54) is 0 Å². The molecule has 2 aliphatic rings. The molecule has 1 aliphatic heterocycles. The van der Waals surface area contributed by atoms with Crippen molar-refractivity contribution in [3.8, 4) is 0 Å². The average molecular weight is 283 g/mol. The third-order valence-electron chi connectivity index (χ3n) is 4.10. The van der Waals surface area contributed by atoms with Crippen LogP contribution in [-0.2, 0) is 0 Å². The van der Waals surface area contributed by atoms with Crippen molar-refractivity contribution >= 4 is 23.4 Å². The van der Waals surface area contributed by atoms with Gasteiger partial charge in [-0.25, -0.2) is 4.79 Å². The topological polar surface area (TPSA) is 78.4 Å². The van der Waals surface area contributed by atoms with Gasteiger partial charge in [-0.2, -0.15) is 5.10 Å². The number of carbonyl (C=O) groups is 1. The number of rotatable bonds is 2. The van der Waals surface area contributed by atoms with E-state index in [1.807, 2.05) is 0 Å². The molecule has 2 bridgehead atoms. The molecule has 1 aromatic heterocycles. The molecule has 3 atom stereocenters. The Morgan fingerprint density at radius 3 is 2.68 bits per heavy atom. The van der Waals surface area contributed by atoms with Gasteiger partial charge in [0.15, 0.2) is 5.15 Å². The summed E-state index contributed by atoms with van der Waals surface area (Å²) in [7, 11) is 0. The van der Waals surface area contributed by atoms with E-state index < -0.39 is 6.09 Å². The number of anilines is 1. The minimum absolute atomic E-state index is 0.0824. The van der Waals surface area contributed by atoms with Gasteiger partial charge in [-0.1, -0.05) is 11.6 Å². The molecule has 1 amide bonds. The van der Waals surface area contributed by atoms with Crippen LogP contribution >= 0.6 is 11.6 Å². The van der Waals surface area contributed by atoms with Gasteiger partial charge in [-0.3, -0.25) is 0 Å². The van der Waals surface area contributed by atoms with Gasteiger partial charge in [-0.05, 0) is 24.7 Å². The van der Waals surface area contributed by atoms with Crippen LogP contribution in [0.4, 0.5) is 10.5 Å². The molecule has 19 heavy (non-hydrogen) atoms. The highest BCUT2D eigenvalue weighted by Gasteiger charge is 2.42. The first-order chi connectivity index (χ1) is 9.13. The highest BCUT2D eigenvalue weighted by molar-refractivity contribution is 6.29. The van der Waals surface area contributed by atoms with Crippen LogP contribution < -0.4 is 10.2 Å². The van der Waals surface area contributed by atoms with Crippen LogP contribution in [0.2, 0.25) is 5.15 Å². The highest BCUT2D eigenvalue weighted by atomic mass is 35.5. The average Bonchev–Trinajstić information content (AvgIpc) is 2.61. The predicted octanol–water partition coefficient (Wildman–Crippen LogP) is 1.61. The van der Waals surface area contributed by atoms with Gasteiger partial charge in [-0.15, -0.1) is 5.10 Å². The molecule has 1 aromatic rings. The van der Waals surface area contributed by atoms with Gasteiger partial charge in [0.25, 0.3) is 0 Å². The summed E-state index contributed by atoms with van der Waals surface area (Å²) in [6, 6.07) is 1.89. The van der Waals surface area contributed by atoms with E-state index >= 15 is 0 Å². The van der Waals surface area contributed by atoms with E-state index in [0.29, 0.717) is 17.0 Å². The molecule has 0 unspecified atom stereocenters. The van der Waals surface area contributed by atoms with Gasteiger partial charge in [0, 0.05) is 25.2 Å². The second-order valence-corrected chi connectivity index (χ2v) is 5.60. The zero-order valence-corrected chi connectivity index (χ0v) is 11.0. The molecule has 102 valence electrons. The Labute approximate surface area is 115 Å². The van der Waals surface area contributed by atoms with Crippen molar-refractivity contribution in [1.82, 2.24) is 15.5 Å². The summed E-state index contributed by atoms with van der Waals surface area (Å²) in [5.41, 5.74) is 0.964. The second kappa shape index (κ2) is 4.85. The molecule has 2 fully saturated rings. The SMILES string of the molecule is O=C(O)N[C@@H]1[C@@H]2CC[C@H]1CN(c1cnnc(Cl)c1)C2. The zero-order chi connectivity index (χ0) is 13.4. The van der Waals surface area contributed by atoms with Crippen LogP contribution in [-0.4, -0.2) is 40.5 Å². The van der Waals surface area contributed by atoms with Crippen LogP contribution in [0.15, 0.2) is 12.3 Å². The molecule has 0 spiro atoms. The van der Waals surface area contributed by atoms with E-state index in [2.05, 4.69) is 20.4 Å². The molecule has 0 aromatic carbocycles. The molecule has 7 heteroatoms. The number of piperidine rings is 1. The minimum atomic E-state index is -0.927. The first-order valence-electron chi connectivity index (χ1n) is 6.36. The normalized spacial score (nSPS) is 29.3. The van der Waals surface area contributed by atoms with E-state index in [9.17, 15) is 4.79 Å². The molecule has 6 nitrogen and oxygen atoms in total. The summed E-state index contributed by atoms with van der Waals surface area (Å²) in [6.45, 7) is 1.67. The van der Waals surface area contributed by atoms with Gasteiger partial charge in [0.05, 0.1) is 11.9 Å². The van der Waals surface area contributed by atoms with E-state index in [-0.39, 0.29) is 6.04 Å². The van der Waals surface area contributed by atoms with Crippen molar-refractivity contribution in [2.75, 3.05) is 18.0 Å². The molecular weight excluding hydrogens is 268 g/mol. The lowest BCUT2D eigenvalue weighted by Gasteiger charge is -2.38. The van der Waals surface area contributed by atoms with Crippen molar-refractivity contribution in [3.63, 3.8) is 0 Å². The number of hydrogen-bond donors (Lipinski definition) is 2. The van der Waals surface area contributed by atoms with Crippen molar-refractivity contribution in [2.24, 2.45) is 11.8 Å². The molecular formula is C12H15ClN4O2. The highest BCUT2D eigenvalue weighted by Crippen LogP contribution is 2.38. The van der Waals surface area contributed by atoms with Crippen LogP contribution in [0, 0.1) is 11.8 Å². The Kier molecular flexibility index (Phi) is 3.18. The summed E-state index contributed by atoms with van der Waals surface area (Å²) in [6.07, 6.45) is 2.91. The number of fused-ring (bicyclic) bond motifs is 2. The van der Waals surface area contributed by atoms with Crippen molar-refractivity contribution in [1.29, 1.82) is 0 Å². The fraction of sp³-hybridized carbons (Fsp3) is 0.583. The standard InChI is InChI=1S/C12H15ClN4O2/c13-10-3-9(4-14-16-10)17-5-7-1-2-8(6-17)11(7)15-12(18)19/h3-4,7-8,11,15H,1-2,5-6H2,(H,18,19)/t7-,8+,11-. The Morgan fingerprint density at radius 2 is 2.11 bits per heavy atom. The molecule has 3 rings (SSSR count). The maximum Gasteiger partial charge on any atom is 0.404 e. The predicted molar refractivity (Wildman–Crippen MR) is 70.4 cm³/mol. The molecule has 0 radical (unpaired) electrons. The second-order valence-electron chi connectivity index (χ2n) is 5.21.